The first-order valence-corrected chi connectivity index (χ1v) is 8.16. The molecule has 1 heterocycles. The van der Waals surface area contributed by atoms with Gasteiger partial charge in [0, 0.05) is 32.6 Å². The zero-order valence-corrected chi connectivity index (χ0v) is 12.4. The molecular formula is C16H29N2O. The number of piperidine rings is 1. The maximum Gasteiger partial charge on any atom is 0.222 e. The fourth-order valence-corrected chi connectivity index (χ4v) is 3.45. The van der Waals surface area contributed by atoms with Crippen molar-refractivity contribution in [1.29, 1.82) is 0 Å². The predicted octanol–water partition coefficient (Wildman–Crippen LogP) is 2.96. The van der Waals surface area contributed by atoms with E-state index in [1.54, 1.807) is 0 Å². The fraction of sp³-hybridized carbons (Fsp3) is 0.938. The van der Waals surface area contributed by atoms with Crippen molar-refractivity contribution >= 4 is 5.91 Å². The Bertz CT molecular complexity index is 266. The van der Waals surface area contributed by atoms with Crippen LogP contribution in [0.5, 0.6) is 0 Å². The van der Waals surface area contributed by atoms with Crippen LogP contribution in [-0.2, 0) is 4.79 Å². The van der Waals surface area contributed by atoms with Crippen LogP contribution in [0.2, 0.25) is 0 Å². The third-order valence-electron chi connectivity index (χ3n) is 4.85. The van der Waals surface area contributed by atoms with Gasteiger partial charge in [0.15, 0.2) is 0 Å². The van der Waals surface area contributed by atoms with Gasteiger partial charge in [0.2, 0.25) is 5.91 Å². The summed E-state index contributed by atoms with van der Waals surface area (Å²) < 4.78 is 0. The highest BCUT2D eigenvalue weighted by atomic mass is 16.2. The minimum absolute atomic E-state index is 0.359. The summed E-state index contributed by atoms with van der Waals surface area (Å²) in [6.45, 7) is 2.02. The monoisotopic (exact) mass is 265 g/mol. The molecule has 0 aromatic heterocycles. The minimum atomic E-state index is 0.359. The highest BCUT2D eigenvalue weighted by Gasteiger charge is 2.22. The molecule has 0 spiro atoms. The largest absolute Gasteiger partial charge is 0.343 e. The quantitative estimate of drug-likeness (QED) is 0.720. The summed E-state index contributed by atoms with van der Waals surface area (Å²) in [5.74, 6) is 1.03. The van der Waals surface area contributed by atoms with E-state index in [4.69, 9.17) is 0 Å². The molecule has 1 atom stereocenters. The molecule has 3 heteroatoms. The zero-order chi connectivity index (χ0) is 13.5. The lowest BCUT2D eigenvalue weighted by Crippen LogP contribution is -2.37. The normalized spacial score (nSPS) is 25.8. The molecule has 2 rings (SSSR count). The van der Waals surface area contributed by atoms with Crippen LogP contribution >= 0.6 is 0 Å². The molecule has 2 fully saturated rings. The summed E-state index contributed by atoms with van der Waals surface area (Å²) in [6.07, 6.45) is 12.0. The van der Waals surface area contributed by atoms with Gasteiger partial charge in [-0.3, -0.25) is 4.79 Å². The first-order chi connectivity index (χ1) is 9.27. The molecule has 3 nitrogen and oxygen atoms in total. The van der Waals surface area contributed by atoms with Crippen molar-refractivity contribution in [2.24, 2.45) is 5.92 Å². The number of amides is 1. The van der Waals surface area contributed by atoms with Gasteiger partial charge in [0.1, 0.15) is 0 Å². The van der Waals surface area contributed by atoms with Crippen LogP contribution in [0.1, 0.15) is 64.2 Å². The van der Waals surface area contributed by atoms with Gasteiger partial charge in [-0.2, -0.15) is 0 Å². The second kappa shape index (κ2) is 7.88. The summed E-state index contributed by atoms with van der Waals surface area (Å²) in [4.78, 5) is 14.3. The summed E-state index contributed by atoms with van der Waals surface area (Å²) in [5.41, 5.74) is 0. The van der Waals surface area contributed by atoms with Crippen molar-refractivity contribution in [2.45, 2.75) is 70.3 Å². The van der Waals surface area contributed by atoms with Gasteiger partial charge in [-0.1, -0.05) is 25.7 Å². The molecule has 0 aromatic carbocycles. The second-order valence-corrected chi connectivity index (χ2v) is 6.33. The zero-order valence-electron chi connectivity index (χ0n) is 12.4. The van der Waals surface area contributed by atoms with Crippen LogP contribution in [0.15, 0.2) is 0 Å². The Morgan fingerprint density at radius 2 is 1.84 bits per heavy atom. The van der Waals surface area contributed by atoms with Crippen LogP contribution in [-0.4, -0.2) is 37.0 Å². The lowest BCUT2D eigenvalue weighted by molar-refractivity contribution is -0.132. The molecule has 1 radical (unpaired) electrons. The van der Waals surface area contributed by atoms with E-state index in [1.165, 1.54) is 51.4 Å². The van der Waals surface area contributed by atoms with E-state index in [1.807, 2.05) is 11.9 Å². The van der Waals surface area contributed by atoms with Crippen LogP contribution in [0.3, 0.4) is 0 Å². The average Bonchev–Trinajstić information content (AvgIpc) is 2.74. The molecule has 109 valence electrons. The van der Waals surface area contributed by atoms with Crippen molar-refractivity contribution in [3.05, 3.63) is 0 Å². The molecule has 1 saturated carbocycles. The molecule has 1 amide bonds. The maximum absolute atomic E-state index is 12.3. The van der Waals surface area contributed by atoms with Gasteiger partial charge in [0.05, 0.1) is 0 Å². The maximum atomic E-state index is 12.3. The van der Waals surface area contributed by atoms with E-state index in [0.717, 1.165) is 25.9 Å². The highest BCUT2D eigenvalue weighted by Crippen LogP contribution is 2.23. The molecular weight excluding hydrogens is 236 g/mol. The lowest BCUT2D eigenvalue weighted by Gasteiger charge is -2.28. The Labute approximate surface area is 118 Å². The minimum Gasteiger partial charge on any atom is -0.343 e. The molecule has 0 bridgehead atoms. The number of carbonyl (C=O) groups is 1. The Balaban J connectivity index is 1.71. The van der Waals surface area contributed by atoms with Gasteiger partial charge >= 0.3 is 0 Å². The van der Waals surface area contributed by atoms with Crippen LogP contribution in [0.4, 0.5) is 0 Å². The molecule has 2 aliphatic rings. The molecule has 0 aromatic rings. The Morgan fingerprint density at radius 3 is 2.47 bits per heavy atom. The molecule has 0 N–H and O–H groups in total. The summed E-state index contributed by atoms with van der Waals surface area (Å²) in [7, 11) is 2.02. The highest BCUT2D eigenvalue weighted by molar-refractivity contribution is 5.76. The number of nitrogens with zero attached hydrogens (tertiary/aromatic N) is 2. The predicted molar refractivity (Wildman–Crippen MR) is 78.1 cm³/mol. The third kappa shape index (κ3) is 4.79. The molecule has 1 saturated heterocycles. The van der Waals surface area contributed by atoms with Crippen LogP contribution in [0, 0.1) is 5.92 Å². The standard InChI is InChI=1S/C16H29N2O/c1-18(15-8-4-2-3-5-9-15)16(19)11-10-14-7-6-12-17-13-14/h14-15H,2-13H2,1H3. The first-order valence-electron chi connectivity index (χ1n) is 8.16. The fourth-order valence-electron chi connectivity index (χ4n) is 3.45. The topological polar surface area (TPSA) is 34.4 Å². The molecule has 1 aliphatic carbocycles. The Hall–Kier alpha value is -0.570. The van der Waals surface area contributed by atoms with E-state index in [2.05, 4.69) is 5.32 Å². The van der Waals surface area contributed by atoms with E-state index in [-0.39, 0.29) is 0 Å². The van der Waals surface area contributed by atoms with E-state index in [0.29, 0.717) is 17.9 Å². The first kappa shape index (κ1) is 14.8. The molecule has 1 unspecified atom stereocenters. The Morgan fingerprint density at radius 1 is 1.11 bits per heavy atom. The van der Waals surface area contributed by atoms with Crippen LogP contribution in [0.25, 0.3) is 0 Å². The van der Waals surface area contributed by atoms with Crippen molar-refractivity contribution in [3.8, 4) is 0 Å². The van der Waals surface area contributed by atoms with E-state index >= 15 is 0 Å². The summed E-state index contributed by atoms with van der Waals surface area (Å²) in [5, 5.41) is 4.46. The van der Waals surface area contributed by atoms with E-state index < -0.39 is 0 Å². The van der Waals surface area contributed by atoms with Crippen molar-refractivity contribution in [2.75, 3.05) is 20.1 Å². The van der Waals surface area contributed by atoms with Gasteiger partial charge < -0.3 is 4.90 Å². The number of carbonyl (C=O) groups excluding carboxylic acids is 1. The lowest BCUT2D eigenvalue weighted by atomic mass is 9.94. The second-order valence-electron chi connectivity index (χ2n) is 6.33. The average molecular weight is 265 g/mol. The van der Waals surface area contributed by atoms with Crippen molar-refractivity contribution < 1.29 is 4.79 Å². The number of hydrogen-bond acceptors (Lipinski definition) is 1. The molecule has 1 aliphatic heterocycles. The van der Waals surface area contributed by atoms with Crippen molar-refractivity contribution in [1.82, 2.24) is 10.2 Å². The SMILES string of the molecule is CN(C(=O)CCC1CCC[N]C1)C1CCCCCC1. The van der Waals surface area contributed by atoms with Gasteiger partial charge in [-0.05, 0) is 38.0 Å². The van der Waals surface area contributed by atoms with E-state index in [9.17, 15) is 4.79 Å². The van der Waals surface area contributed by atoms with Crippen LogP contribution < -0.4 is 5.32 Å². The van der Waals surface area contributed by atoms with Gasteiger partial charge in [-0.15, -0.1) is 0 Å². The summed E-state index contributed by atoms with van der Waals surface area (Å²) in [6, 6.07) is 0.506. The number of hydrogen-bond donors (Lipinski definition) is 0. The third-order valence-corrected chi connectivity index (χ3v) is 4.85. The smallest absolute Gasteiger partial charge is 0.222 e. The van der Waals surface area contributed by atoms with Crippen molar-refractivity contribution in [3.63, 3.8) is 0 Å². The summed E-state index contributed by atoms with van der Waals surface area (Å²) >= 11 is 0. The van der Waals surface area contributed by atoms with Gasteiger partial charge in [-0.25, -0.2) is 5.32 Å². The number of rotatable bonds is 4. The Kier molecular flexibility index (Phi) is 6.15. The van der Waals surface area contributed by atoms with Gasteiger partial charge in [0.25, 0.3) is 0 Å². The molecule has 19 heavy (non-hydrogen) atoms.